The van der Waals surface area contributed by atoms with E-state index in [4.69, 9.17) is 9.47 Å². The highest BCUT2D eigenvalue weighted by molar-refractivity contribution is 5.75. The Kier molecular flexibility index (Phi) is 2.98. The second-order valence-corrected chi connectivity index (χ2v) is 4.38. The first-order valence-corrected chi connectivity index (χ1v) is 5.75. The summed E-state index contributed by atoms with van der Waals surface area (Å²) in [5, 5.41) is 0. The zero-order valence-corrected chi connectivity index (χ0v) is 9.49. The summed E-state index contributed by atoms with van der Waals surface area (Å²) in [7, 11) is 0. The summed E-state index contributed by atoms with van der Waals surface area (Å²) in [6.45, 7) is 6.14. The Bertz CT molecular complexity index is 246. The van der Waals surface area contributed by atoms with Crippen LogP contribution in [0.4, 0.5) is 0 Å². The molecule has 2 heterocycles. The Hall–Kier alpha value is -0.610. The lowest BCUT2D eigenvalue weighted by atomic mass is 10.0. The van der Waals surface area contributed by atoms with Crippen molar-refractivity contribution < 1.29 is 14.3 Å². The van der Waals surface area contributed by atoms with Gasteiger partial charge in [0.2, 0.25) is 5.91 Å². The molecule has 0 aromatic carbocycles. The summed E-state index contributed by atoms with van der Waals surface area (Å²) in [4.78, 5) is 13.4. The molecule has 4 nitrogen and oxygen atoms in total. The molecule has 0 bridgehead atoms. The maximum atomic E-state index is 11.5. The Morgan fingerprint density at radius 1 is 1.47 bits per heavy atom. The third-order valence-electron chi connectivity index (χ3n) is 3.18. The van der Waals surface area contributed by atoms with Gasteiger partial charge in [-0.1, -0.05) is 6.92 Å². The predicted octanol–water partition coefficient (Wildman–Crippen LogP) is 1.15. The zero-order valence-electron chi connectivity index (χ0n) is 9.49. The minimum absolute atomic E-state index is 0.193. The van der Waals surface area contributed by atoms with Gasteiger partial charge < -0.3 is 14.4 Å². The maximum absolute atomic E-state index is 11.5. The lowest BCUT2D eigenvalue weighted by Crippen LogP contribution is -2.47. The largest absolute Gasteiger partial charge is 0.347 e. The number of likely N-dealkylation sites (tertiary alicyclic amines) is 1. The van der Waals surface area contributed by atoms with Gasteiger partial charge in [-0.25, -0.2) is 0 Å². The molecule has 0 aromatic rings. The Balaban J connectivity index is 1.89. The fourth-order valence-electron chi connectivity index (χ4n) is 2.29. The topological polar surface area (TPSA) is 38.8 Å². The zero-order chi connectivity index (χ0) is 10.9. The van der Waals surface area contributed by atoms with Crippen LogP contribution in [0.5, 0.6) is 0 Å². The SMILES string of the molecule is CCC(=O)N1CCC2(CC1)OCC(C)O2. The molecule has 4 heteroatoms. The van der Waals surface area contributed by atoms with Crippen molar-refractivity contribution in [3.8, 4) is 0 Å². The molecule has 2 rings (SSSR count). The van der Waals surface area contributed by atoms with Crippen LogP contribution in [-0.2, 0) is 14.3 Å². The maximum Gasteiger partial charge on any atom is 0.222 e. The summed E-state index contributed by atoms with van der Waals surface area (Å²) in [6, 6.07) is 0. The van der Waals surface area contributed by atoms with E-state index in [2.05, 4.69) is 0 Å². The van der Waals surface area contributed by atoms with Gasteiger partial charge in [-0.05, 0) is 6.92 Å². The number of rotatable bonds is 1. The number of carbonyl (C=O) groups is 1. The number of piperidine rings is 1. The van der Waals surface area contributed by atoms with Crippen molar-refractivity contribution in [1.82, 2.24) is 4.90 Å². The van der Waals surface area contributed by atoms with Gasteiger partial charge in [0.1, 0.15) is 0 Å². The van der Waals surface area contributed by atoms with Gasteiger partial charge in [-0.2, -0.15) is 0 Å². The smallest absolute Gasteiger partial charge is 0.222 e. The molecule has 1 amide bonds. The molecule has 2 aliphatic rings. The van der Waals surface area contributed by atoms with E-state index in [1.807, 2.05) is 18.7 Å². The van der Waals surface area contributed by atoms with Crippen LogP contribution in [-0.4, -0.2) is 42.4 Å². The van der Waals surface area contributed by atoms with E-state index in [1.165, 1.54) is 0 Å². The van der Waals surface area contributed by atoms with Gasteiger partial charge in [0.25, 0.3) is 0 Å². The molecule has 2 saturated heterocycles. The van der Waals surface area contributed by atoms with Crippen LogP contribution in [0.3, 0.4) is 0 Å². The third kappa shape index (κ3) is 2.16. The van der Waals surface area contributed by atoms with Gasteiger partial charge in [0.05, 0.1) is 12.7 Å². The number of ether oxygens (including phenoxy) is 2. The van der Waals surface area contributed by atoms with Crippen molar-refractivity contribution in [2.45, 2.75) is 45.0 Å². The summed E-state index contributed by atoms with van der Waals surface area (Å²) < 4.78 is 11.5. The number of hydrogen-bond donors (Lipinski definition) is 0. The van der Waals surface area contributed by atoms with Gasteiger partial charge in [-0.15, -0.1) is 0 Å². The standard InChI is InChI=1S/C11H19NO3/c1-3-10(13)12-6-4-11(5-7-12)14-8-9(2)15-11/h9H,3-8H2,1-2H3. The number of nitrogens with zero attached hydrogens (tertiary/aromatic N) is 1. The molecule has 0 saturated carbocycles. The van der Waals surface area contributed by atoms with E-state index < -0.39 is 0 Å². The van der Waals surface area contributed by atoms with E-state index in [0.29, 0.717) is 13.0 Å². The van der Waals surface area contributed by atoms with Crippen molar-refractivity contribution in [2.24, 2.45) is 0 Å². The van der Waals surface area contributed by atoms with Crippen molar-refractivity contribution in [2.75, 3.05) is 19.7 Å². The van der Waals surface area contributed by atoms with Crippen LogP contribution < -0.4 is 0 Å². The fourth-order valence-corrected chi connectivity index (χ4v) is 2.29. The molecule has 15 heavy (non-hydrogen) atoms. The molecule has 0 N–H and O–H groups in total. The van der Waals surface area contributed by atoms with Crippen molar-refractivity contribution in [3.63, 3.8) is 0 Å². The number of hydrogen-bond acceptors (Lipinski definition) is 3. The highest BCUT2D eigenvalue weighted by Gasteiger charge is 2.42. The van der Waals surface area contributed by atoms with Crippen LogP contribution in [0.2, 0.25) is 0 Å². The Labute approximate surface area is 90.5 Å². The predicted molar refractivity (Wildman–Crippen MR) is 55.3 cm³/mol. The highest BCUT2D eigenvalue weighted by Crippen LogP contribution is 2.33. The molecule has 0 aromatic heterocycles. The van der Waals surface area contributed by atoms with Crippen LogP contribution in [0.25, 0.3) is 0 Å². The number of carbonyl (C=O) groups excluding carboxylic acids is 1. The third-order valence-corrected chi connectivity index (χ3v) is 3.18. The van der Waals surface area contributed by atoms with Crippen molar-refractivity contribution >= 4 is 5.91 Å². The summed E-state index contributed by atoms with van der Waals surface area (Å²) in [5.41, 5.74) is 0. The quantitative estimate of drug-likeness (QED) is 0.656. The van der Waals surface area contributed by atoms with Crippen molar-refractivity contribution in [1.29, 1.82) is 0 Å². The summed E-state index contributed by atoms with van der Waals surface area (Å²) >= 11 is 0. The molecule has 1 atom stereocenters. The van der Waals surface area contributed by atoms with Gasteiger partial charge in [-0.3, -0.25) is 4.79 Å². The molecule has 0 aliphatic carbocycles. The monoisotopic (exact) mass is 213 g/mol. The molecule has 0 radical (unpaired) electrons. The van der Waals surface area contributed by atoms with Crippen LogP contribution >= 0.6 is 0 Å². The second kappa shape index (κ2) is 4.10. The first-order chi connectivity index (χ1) is 7.15. The minimum Gasteiger partial charge on any atom is -0.347 e. The summed E-state index contributed by atoms with van der Waals surface area (Å²) in [5.74, 6) is -0.153. The fraction of sp³-hybridized carbons (Fsp3) is 0.909. The van der Waals surface area contributed by atoms with Gasteiger partial charge in [0, 0.05) is 32.4 Å². The van der Waals surface area contributed by atoms with Gasteiger partial charge >= 0.3 is 0 Å². The average molecular weight is 213 g/mol. The van der Waals surface area contributed by atoms with E-state index in [9.17, 15) is 4.79 Å². The first kappa shape index (κ1) is 10.9. The number of amides is 1. The lowest BCUT2D eigenvalue weighted by molar-refractivity contribution is -0.194. The average Bonchev–Trinajstić information content (AvgIpc) is 2.60. The molecule has 2 fully saturated rings. The van der Waals surface area contributed by atoms with E-state index in [0.717, 1.165) is 25.9 Å². The van der Waals surface area contributed by atoms with E-state index in [1.54, 1.807) is 0 Å². The molecule has 86 valence electrons. The van der Waals surface area contributed by atoms with Gasteiger partial charge in [0.15, 0.2) is 5.79 Å². The van der Waals surface area contributed by atoms with Crippen LogP contribution in [0.15, 0.2) is 0 Å². The normalized spacial score (nSPS) is 29.7. The Morgan fingerprint density at radius 3 is 2.60 bits per heavy atom. The van der Waals surface area contributed by atoms with E-state index in [-0.39, 0.29) is 17.8 Å². The Morgan fingerprint density at radius 2 is 2.13 bits per heavy atom. The molecule has 2 aliphatic heterocycles. The lowest BCUT2D eigenvalue weighted by Gasteiger charge is -2.37. The van der Waals surface area contributed by atoms with E-state index >= 15 is 0 Å². The molecular weight excluding hydrogens is 194 g/mol. The van der Waals surface area contributed by atoms with Crippen LogP contribution in [0.1, 0.15) is 33.1 Å². The second-order valence-electron chi connectivity index (χ2n) is 4.38. The molecular formula is C11H19NO3. The van der Waals surface area contributed by atoms with Crippen molar-refractivity contribution in [3.05, 3.63) is 0 Å². The highest BCUT2D eigenvalue weighted by atomic mass is 16.7. The first-order valence-electron chi connectivity index (χ1n) is 5.75. The van der Waals surface area contributed by atoms with Crippen LogP contribution in [0, 0.1) is 0 Å². The minimum atomic E-state index is -0.385. The summed E-state index contributed by atoms with van der Waals surface area (Å²) in [6.07, 6.45) is 2.40. The molecule has 1 spiro atoms. The molecule has 1 unspecified atom stereocenters.